The number of fused-ring (bicyclic) bond motifs is 5. The van der Waals surface area contributed by atoms with Crippen LogP contribution >= 0.6 is 0 Å². The predicted octanol–water partition coefficient (Wildman–Crippen LogP) is 7.09. The van der Waals surface area contributed by atoms with E-state index in [1.165, 1.54) is 64.2 Å². The van der Waals surface area contributed by atoms with Crippen molar-refractivity contribution in [1.82, 2.24) is 0 Å². The van der Waals surface area contributed by atoms with Crippen molar-refractivity contribution in [3.63, 3.8) is 0 Å². The summed E-state index contributed by atoms with van der Waals surface area (Å²) in [4.78, 5) is 0. The van der Waals surface area contributed by atoms with Crippen molar-refractivity contribution in [3.8, 4) is 0 Å². The molecular formula is C24H36. The van der Waals surface area contributed by atoms with Crippen LogP contribution in [0.2, 0.25) is 0 Å². The summed E-state index contributed by atoms with van der Waals surface area (Å²) in [7, 11) is 0. The van der Waals surface area contributed by atoms with Crippen LogP contribution in [0.1, 0.15) is 78.1 Å². The number of rotatable bonds is 4. The molecule has 0 nitrogen and oxygen atoms in total. The summed E-state index contributed by atoms with van der Waals surface area (Å²) < 4.78 is 0. The maximum absolute atomic E-state index is 3.91. The molecule has 3 fully saturated rings. The maximum atomic E-state index is 3.91. The Morgan fingerprint density at radius 2 is 2.04 bits per heavy atom. The fourth-order valence-electron chi connectivity index (χ4n) is 7.43. The first-order valence-corrected chi connectivity index (χ1v) is 10.6. The second-order valence-electron chi connectivity index (χ2n) is 9.60. The normalized spacial score (nSPS) is 46.7. The lowest BCUT2D eigenvalue weighted by Gasteiger charge is -2.57. The molecule has 0 bridgehead atoms. The number of unbranched alkanes of at least 4 members (excludes halogenated alkanes) is 1. The summed E-state index contributed by atoms with van der Waals surface area (Å²) in [5, 5.41) is 0. The lowest BCUT2D eigenvalue weighted by atomic mass is 9.47. The SMILES string of the molecule is C=CCCC[C@H]1CC[C@H]2[C@@H]3CCC4=CCC=C[C@]4(C)[C@H]3CC[C@]12C. The van der Waals surface area contributed by atoms with E-state index in [0.29, 0.717) is 10.8 Å². The van der Waals surface area contributed by atoms with Crippen LogP contribution in [0.3, 0.4) is 0 Å². The van der Waals surface area contributed by atoms with Crippen LogP contribution in [0, 0.1) is 34.5 Å². The predicted molar refractivity (Wildman–Crippen MR) is 104 cm³/mol. The van der Waals surface area contributed by atoms with Gasteiger partial charge in [-0.3, -0.25) is 0 Å². The Morgan fingerprint density at radius 1 is 1.17 bits per heavy atom. The number of allylic oxidation sites excluding steroid dienone is 5. The average Bonchev–Trinajstić information content (AvgIpc) is 2.91. The van der Waals surface area contributed by atoms with Crippen molar-refractivity contribution in [2.75, 3.05) is 0 Å². The first kappa shape index (κ1) is 16.7. The van der Waals surface area contributed by atoms with Gasteiger partial charge in [0, 0.05) is 5.41 Å². The third-order valence-corrected chi connectivity index (χ3v) is 8.77. The fourth-order valence-corrected chi connectivity index (χ4v) is 7.43. The van der Waals surface area contributed by atoms with E-state index < -0.39 is 0 Å². The summed E-state index contributed by atoms with van der Waals surface area (Å²) in [6, 6.07) is 0. The molecule has 0 aromatic carbocycles. The summed E-state index contributed by atoms with van der Waals surface area (Å²) in [5.74, 6) is 3.88. The zero-order chi connectivity index (χ0) is 16.8. The molecule has 0 aromatic rings. The lowest BCUT2D eigenvalue weighted by Crippen LogP contribution is -2.49. The molecule has 0 aromatic heterocycles. The van der Waals surface area contributed by atoms with E-state index in [1.54, 1.807) is 5.57 Å². The average molecular weight is 325 g/mol. The van der Waals surface area contributed by atoms with Gasteiger partial charge in [0.25, 0.3) is 0 Å². The van der Waals surface area contributed by atoms with E-state index in [4.69, 9.17) is 0 Å². The maximum Gasteiger partial charge on any atom is 0.00936 e. The second-order valence-corrected chi connectivity index (χ2v) is 9.60. The minimum atomic E-state index is 0.392. The molecular weight excluding hydrogens is 288 g/mol. The second kappa shape index (κ2) is 6.19. The molecule has 4 rings (SSSR count). The fraction of sp³-hybridized carbons (Fsp3) is 0.750. The standard InChI is InChI=1S/C24H36/c1-4-5-6-9-19-12-14-21-20-13-11-18-10-7-8-16-23(18,2)22(20)15-17-24(19,21)3/h4,8,10,16,19-22H,1,5-7,9,11-15,17H2,2-3H3/t19-,20-,21-,22-,23-,24+/m0/s1. The Kier molecular flexibility index (Phi) is 4.30. The molecule has 24 heavy (non-hydrogen) atoms. The molecule has 6 atom stereocenters. The molecule has 4 aliphatic rings. The third-order valence-electron chi connectivity index (χ3n) is 8.77. The Balaban J connectivity index is 1.55. The van der Waals surface area contributed by atoms with E-state index in [0.717, 1.165) is 23.7 Å². The van der Waals surface area contributed by atoms with Crippen LogP contribution in [-0.4, -0.2) is 0 Å². The van der Waals surface area contributed by atoms with E-state index in [-0.39, 0.29) is 0 Å². The summed E-state index contributed by atoms with van der Waals surface area (Å²) >= 11 is 0. The van der Waals surface area contributed by atoms with Gasteiger partial charge < -0.3 is 0 Å². The van der Waals surface area contributed by atoms with Crippen molar-refractivity contribution in [3.05, 3.63) is 36.5 Å². The minimum absolute atomic E-state index is 0.392. The number of hydrogen-bond acceptors (Lipinski definition) is 0. The summed E-state index contributed by atoms with van der Waals surface area (Å²) in [6.45, 7) is 9.14. The van der Waals surface area contributed by atoms with Crippen molar-refractivity contribution in [1.29, 1.82) is 0 Å². The van der Waals surface area contributed by atoms with Gasteiger partial charge in [0.2, 0.25) is 0 Å². The van der Waals surface area contributed by atoms with Crippen molar-refractivity contribution >= 4 is 0 Å². The molecule has 0 heteroatoms. The Bertz CT molecular complexity index is 552. The van der Waals surface area contributed by atoms with Gasteiger partial charge in [0.05, 0.1) is 0 Å². The minimum Gasteiger partial charge on any atom is -0.103 e. The highest BCUT2D eigenvalue weighted by Gasteiger charge is 2.57. The topological polar surface area (TPSA) is 0 Å². The van der Waals surface area contributed by atoms with Gasteiger partial charge >= 0.3 is 0 Å². The van der Waals surface area contributed by atoms with Crippen LogP contribution in [-0.2, 0) is 0 Å². The van der Waals surface area contributed by atoms with Gasteiger partial charge in [-0.05, 0) is 93.3 Å². The monoisotopic (exact) mass is 324 g/mol. The van der Waals surface area contributed by atoms with E-state index in [1.807, 2.05) is 0 Å². The lowest BCUT2D eigenvalue weighted by molar-refractivity contribution is -0.0351. The quantitative estimate of drug-likeness (QED) is 0.382. The van der Waals surface area contributed by atoms with Crippen molar-refractivity contribution in [2.24, 2.45) is 34.5 Å². The molecule has 0 spiro atoms. The molecule has 0 heterocycles. The third kappa shape index (κ3) is 2.39. The number of hydrogen-bond donors (Lipinski definition) is 0. The molecule has 0 aliphatic heterocycles. The Hall–Kier alpha value is -0.780. The zero-order valence-corrected chi connectivity index (χ0v) is 15.9. The highest BCUT2D eigenvalue weighted by atomic mass is 14.6. The molecule has 0 unspecified atom stereocenters. The van der Waals surface area contributed by atoms with Crippen LogP contribution in [0.4, 0.5) is 0 Å². The van der Waals surface area contributed by atoms with Crippen molar-refractivity contribution in [2.45, 2.75) is 78.1 Å². The largest absolute Gasteiger partial charge is 0.103 e. The first-order chi connectivity index (χ1) is 11.6. The van der Waals surface area contributed by atoms with Gasteiger partial charge in [-0.1, -0.05) is 43.7 Å². The van der Waals surface area contributed by atoms with Crippen LogP contribution in [0.15, 0.2) is 36.5 Å². The van der Waals surface area contributed by atoms with Gasteiger partial charge in [0.1, 0.15) is 0 Å². The van der Waals surface area contributed by atoms with E-state index in [2.05, 4.69) is 44.7 Å². The van der Waals surface area contributed by atoms with Crippen LogP contribution < -0.4 is 0 Å². The molecule has 0 amide bonds. The van der Waals surface area contributed by atoms with Gasteiger partial charge in [-0.25, -0.2) is 0 Å². The molecule has 0 saturated heterocycles. The van der Waals surface area contributed by atoms with Gasteiger partial charge in [0.15, 0.2) is 0 Å². The summed E-state index contributed by atoms with van der Waals surface area (Å²) in [5.41, 5.74) is 2.80. The Morgan fingerprint density at radius 3 is 2.88 bits per heavy atom. The molecule has 0 N–H and O–H groups in total. The van der Waals surface area contributed by atoms with Gasteiger partial charge in [-0.2, -0.15) is 0 Å². The highest BCUT2D eigenvalue weighted by Crippen LogP contribution is 2.66. The summed E-state index contributed by atoms with van der Waals surface area (Å²) in [6.07, 6.45) is 23.7. The van der Waals surface area contributed by atoms with Crippen LogP contribution in [0.5, 0.6) is 0 Å². The molecule has 0 radical (unpaired) electrons. The van der Waals surface area contributed by atoms with Crippen LogP contribution in [0.25, 0.3) is 0 Å². The van der Waals surface area contributed by atoms with Crippen molar-refractivity contribution < 1.29 is 0 Å². The van der Waals surface area contributed by atoms with E-state index in [9.17, 15) is 0 Å². The molecule has 3 saturated carbocycles. The first-order valence-electron chi connectivity index (χ1n) is 10.6. The molecule has 4 aliphatic carbocycles. The molecule has 132 valence electrons. The highest BCUT2D eigenvalue weighted by molar-refractivity contribution is 5.31. The smallest absolute Gasteiger partial charge is 0.00936 e. The van der Waals surface area contributed by atoms with E-state index >= 15 is 0 Å². The van der Waals surface area contributed by atoms with Gasteiger partial charge in [-0.15, -0.1) is 6.58 Å². The zero-order valence-electron chi connectivity index (χ0n) is 15.9. The Labute approximate surface area is 149 Å².